The van der Waals surface area contributed by atoms with Gasteiger partial charge in [-0.2, -0.15) is 0 Å². The van der Waals surface area contributed by atoms with Crippen LogP contribution in [-0.2, 0) is 0 Å². The maximum atomic E-state index is 5.98. The lowest BCUT2D eigenvalue weighted by atomic mass is 10.1. The molecule has 6 heteroatoms. The van der Waals surface area contributed by atoms with Crippen molar-refractivity contribution in [3.05, 3.63) is 44.2 Å². The maximum Gasteiger partial charge on any atom is 0.186 e. The molecule has 2 N–H and O–H groups in total. The molecule has 0 spiro atoms. The number of nitrogens with two attached hydrogens (primary N) is 1. The number of halogens is 2. The van der Waals surface area contributed by atoms with E-state index in [1.807, 2.05) is 31.2 Å². The second-order valence-corrected chi connectivity index (χ2v) is 7.64. The van der Waals surface area contributed by atoms with Gasteiger partial charge in [-0.1, -0.05) is 33.2 Å². The minimum atomic E-state index is 0.403. The van der Waals surface area contributed by atoms with E-state index in [1.54, 1.807) is 11.3 Å². The zero-order valence-corrected chi connectivity index (χ0v) is 14.5. The molecule has 2 heterocycles. The molecule has 0 fully saturated rings. The first-order chi connectivity index (χ1) is 9.56. The SMILES string of the molecule is Cc1cc(-c2onc(N)c2-c2cccc(Br)c2)sc1Br. The number of nitrogen functional groups attached to an aromatic ring is 1. The van der Waals surface area contributed by atoms with Gasteiger partial charge in [0.05, 0.1) is 14.2 Å². The van der Waals surface area contributed by atoms with E-state index >= 15 is 0 Å². The molecular formula is C14H10Br2N2OS. The van der Waals surface area contributed by atoms with E-state index in [2.05, 4.69) is 43.1 Å². The molecule has 102 valence electrons. The second kappa shape index (κ2) is 5.35. The van der Waals surface area contributed by atoms with Crippen LogP contribution in [0.15, 0.2) is 43.1 Å². The van der Waals surface area contributed by atoms with Crippen molar-refractivity contribution in [1.29, 1.82) is 0 Å². The van der Waals surface area contributed by atoms with Crippen LogP contribution in [0.5, 0.6) is 0 Å². The molecular weight excluding hydrogens is 404 g/mol. The van der Waals surface area contributed by atoms with Crippen molar-refractivity contribution in [2.45, 2.75) is 6.92 Å². The number of benzene rings is 1. The molecule has 0 aliphatic carbocycles. The lowest BCUT2D eigenvalue weighted by molar-refractivity contribution is 0.437. The summed E-state index contributed by atoms with van der Waals surface area (Å²) in [6.45, 7) is 2.04. The number of aromatic nitrogens is 1. The molecule has 0 amide bonds. The first-order valence-electron chi connectivity index (χ1n) is 5.83. The van der Waals surface area contributed by atoms with Crippen molar-refractivity contribution in [3.63, 3.8) is 0 Å². The van der Waals surface area contributed by atoms with Gasteiger partial charge in [-0.05, 0) is 52.2 Å². The summed E-state index contributed by atoms with van der Waals surface area (Å²) in [5.41, 5.74) is 8.96. The summed E-state index contributed by atoms with van der Waals surface area (Å²) in [5.74, 6) is 1.11. The van der Waals surface area contributed by atoms with Gasteiger partial charge in [0.1, 0.15) is 0 Å². The monoisotopic (exact) mass is 412 g/mol. The third-order valence-electron chi connectivity index (χ3n) is 2.91. The Kier molecular flexibility index (Phi) is 3.70. The predicted molar refractivity (Wildman–Crippen MR) is 89.8 cm³/mol. The van der Waals surface area contributed by atoms with E-state index in [0.717, 1.165) is 24.3 Å². The Hall–Kier alpha value is -1.11. The van der Waals surface area contributed by atoms with Gasteiger partial charge >= 0.3 is 0 Å². The fourth-order valence-electron chi connectivity index (χ4n) is 1.97. The highest BCUT2D eigenvalue weighted by molar-refractivity contribution is 9.11. The summed E-state index contributed by atoms with van der Waals surface area (Å²) in [7, 11) is 0. The van der Waals surface area contributed by atoms with Crippen LogP contribution in [0.2, 0.25) is 0 Å². The van der Waals surface area contributed by atoms with Crippen molar-refractivity contribution >= 4 is 49.0 Å². The lowest BCUT2D eigenvalue weighted by Crippen LogP contribution is -1.88. The molecule has 0 atom stereocenters. The van der Waals surface area contributed by atoms with Crippen LogP contribution in [0.25, 0.3) is 21.8 Å². The Balaban J connectivity index is 2.19. The number of hydrogen-bond acceptors (Lipinski definition) is 4. The van der Waals surface area contributed by atoms with E-state index < -0.39 is 0 Å². The van der Waals surface area contributed by atoms with Gasteiger partial charge in [-0.15, -0.1) is 11.3 Å². The number of nitrogens with zero attached hydrogens (tertiary/aromatic N) is 1. The smallest absolute Gasteiger partial charge is 0.186 e. The Bertz CT molecular complexity index is 760. The van der Waals surface area contributed by atoms with E-state index in [1.165, 1.54) is 5.56 Å². The van der Waals surface area contributed by atoms with Crippen LogP contribution >= 0.6 is 43.2 Å². The fraction of sp³-hybridized carbons (Fsp3) is 0.0714. The average Bonchev–Trinajstić information content (AvgIpc) is 2.93. The molecule has 3 nitrogen and oxygen atoms in total. The third-order valence-corrected chi connectivity index (χ3v) is 5.54. The summed E-state index contributed by atoms with van der Waals surface area (Å²) in [5, 5.41) is 3.92. The van der Waals surface area contributed by atoms with E-state index in [-0.39, 0.29) is 0 Å². The molecule has 0 radical (unpaired) electrons. The number of anilines is 1. The number of rotatable bonds is 2. The minimum absolute atomic E-state index is 0.403. The van der Waals surface area contributed by atoms with Gasteiger partial charge in [0.15, 0.2) is 11.6 Å². The molecule has 3 aromatic rings. The highest BCUT2D eigenvalue weighted by atomic mass is 79.9. The predicted octanol–water partition coefficient (Wildman–Crippen LogP) is 5.49. The van der Waals surface area contributed by atoms with Gasteiger partial charge in [0.25, 0.3) is 0 Å². The zero-order valence-electron chi connectivity index (χ0n) is 10.5. The highest BCUT2D eigenvalue weighted by Crippen LogP contribution is 2.42. The molecule has 20 heavy (non-hydrogen) atoms. The van der Waals surface area contributed by atoms with Crippen molar-refractivity contribution in [2.24, 2.45) is 0 Å². The summed E-state index contributed by atoms with van der Waals surface area (Å²) in [6.07, 6.45) is 0. The van der Waals surface area contributed by atoms with Gasteiger partial charge in [0, 0.05) is 4.47 Å². The topological polar surface area (TPSA) is 52.0 Å². The molecule has 0 saturated carbocycles. The zero-order chi connectivity index (χ0) is 14.3. The summed E-state index contributed by atoms with van der Waals surface area (Å²) >= 11 is 8.61. The number of thiophene rings is 1. The Morgan fingerprint density at radius 1 is 1.25 bits per heavy atom. The molecule has 2 aromatic heterocycles. The Morgan fingerprint density at radius 2 is 2.05 bits per heavy atom. The van der Waals surface area contributed by atoms with Crippen LogP contribution in [0.4, 0.5) is 5.82 Å². The van der Waals surface area contributed by atoms with Crippen LogP contribution in [0.1, 0.15) is 5.56 Å². The Labute approximate surface area is 137 Å². The first-order valence-corrected chi connectivity index (χ1v) is 8.24. The van der Waals surface area contributed by atoms with Crippen molar-refractivity contribution in [3.8, 4) is 21.8 Å². The first kappa shape index (κ1) is 13.9. The second-order valence-electron chi connectivity index (χ2n) is 4.35. The summed E-state index contributed by atoms with van der Waals surface area (Å²) < 4.78 is 7.52. The summed E-state index contributed by atoms with van der Waals surface area (Å²) in [4.78, 5) is 1.01. The number of hydrogen-bond donors (Lipinski definition) is 1. The molecule has 0 unspecified atom stereocenters. The largest absolute Gasteiger partial charge is 0.380 e. The van der Waals surface area contributed by atoms with E-state index in [9.17, 15) is 0 Å². The maximum absolute atomic E-state index is 5.98. The normalized spacial score (nSPS) is 10.9. The van der Waals surface area contributed by atoms with Gasteiger partial charge < -0.3 is 10.3 Å². The summed E-state index contributed by atoms with van der Waals surface area (Å²) in [6, 6.07) is 9.99. The van der Waals surface area contributed by atoms with Crippen LogP contribution in [-0.4, -0.2) is 5.16 Å². The quantitative estimate of drug-likeness (QED) is 0.604. The standard InChI is InChI=1S/C14H10Br2N2OS/c1-7-5-10(20-13(7)16)12-11(14(17)18-19-12)8-3-2-4-9(15)6-8/h2-6H,1H3,(H2,17,18). The third kappa shape index (κ3) is 2.43. The molecule has 0 aliphatic heterocycles. The van der Waals surface area contributed by atoms with Crippen molar-refractivity contribution in [2.75, 3.05) is 5.73 Å². The van der Waals surface area contributed by atoms with E-state index in [0.29, 0.717) is 11.6 Å². The Morgan fingerprint density at radius 3 is 2.70 bits per heavy atom. The van der Waals surface area contributed by atoms with Gasteiger partial charge in [0.2, 0.25) is 0 Å². The molecule has 0 saturated heterocycles. The minimum Gasteiger partial charge on any atom is -0.380 e. The average molecular weight is 414 g/mol. The highest BCUT2D eigenvalue weighted by Gasteiger charge is 2.20. The van der Waals surface area contributed by atoms with Crippen molar-refractivity contribution < 1.29 is 4.52 Å². The fourth-order valence-corrected chi connectivity index (χ4v) is 3.88. The van der Waals surface area contributed by atoms with Gasteiger partial charge in [-0.3, -0.25) is 0 Å². The molecule has 0 bridgehead atoms. The van der Waals surface area contributed by atoms with E-state index in [4.69, 9.17) is 10.3 Å². The molecule has 0 aliphatic rings. The van der Waals surface area contributed by atoms with Crippen LogP contribution < -0.4 is 5.73 Å². The van der Waals surface area contributed by atoms with Crippen LogP contribution in [0.3, 0.4) is 0 Å². The number of aryl methyl sites for hydroxylation is 1. The molecule has 3 rings (SSSR count). The van der Waals surface area contributed by atoms with Gasteiger partial charge in [-0.25, -0.2) is 0 Å². The molecule has 1 aromatic carbocycles. The van der Waals surface area contributed by atoms with Crippen LogP contribution in [0, 0.1) is 6.92 Å². The lowest BCUT2D eigenvalue weighted by Gasteiger charge is -2.01. The van der Waals surface area contributed by atoms with Crippen molar-refractivity contribution in [1.82, 2.24) is 5.16 Å².